The molecule has 0 aliphatic heterocycles. The van der Waals surface area contributed by atoms with Crippen LogP contribution in [0.5, 0.6) is 0 Å². The molecule has 0 saturated carbocycles. The molecule has 0 aromatic rings. The van der Waals surface area contributed by atoms with Crippen molar-refractivity contribution in [1.82, 2.24) is 5.32 Å². The highest BCUT2D eigenvalue weighted by Gasteiger charge is 2.04. The number of ether oxygens (including phenoxy) is 10. The Morgan fingerprint density at radius 3 is 1.00 bits per heavy atom. The molecular formula is C29H57NO13. The molecule has 2 N–H and O–H groups in total. The van der Waals surface area contributed by atoms with E-state index in [4.69, 9.17) is 52.5 Å². The molecule has 0 fully saturated rings. The monoisotopic (exact) mass is 627 g/mol. The number of nitrogens with one attached hydrogen (secondary N) is 1. The van der Waals surface area contributed by atoms with E-state index in [0.29, 0.717) is 138 Å². The summed E-state index contributed by atoms with van der Waals surface area (Å²) in [4.78, 5) is 21.7. The van der Waals surface area contributed by atoms with Crippen molar-refractivity contribution >= 4 is 11.9 Å². The Kier molecular flexibility index (Phi) is 35.5. The van der Waals surface area contributed by atoms with Crippen molar-refractivity contribution < 1.29 is 62.1 Å². The second kappa shape index (κ2) is 36.7. The second-order valence-corrected chi connectivity index (χ2v) is 9.07. The lowest BCUT2D eigenvalue weighted by molar-refractivity contribution is -0.138. The molecule has 14 nitrogen and oxygen atoms in total. The van der Waals surface area contributed by atoms with Crippen LogP contribution in [0.1, 0.15) is 39.0 Å². The predicted octanol–water partition coefficient (Wildman–Crippen LogP) is 1.32. The fourth-order valence-electron chi connectivity index (χ4n) is 3.04. The summed E-state index contributed by atoms with van der Waals surface area (Å²) in [5.74, 6) is -1.25. The average Bonchev–Trinajstić information content (AvgIpc) is 3.00. The smallest absolute Gasteiger partial charge is 0.303 e. The van der Waals surface area contributed by atoms with Gasteiger partial charge in [-0.1, -0.05) is 13.3 Å². The van der Waals surface area contributed by atoms with E-state index in [2.05, 4.69) is 12.2 Å². The topological polar surface area (TPSA) is 159 Å². The van der Waals surface area contributed by atoms with Gasteiger partial charge in [0.2, 0.25) is 5.91 Å². The van der Waals surface area contributed by atoms with E-state index in [9.17, 15) is 9.59 Å². The predicted molar refractivity (Wildman–Crippen MR) is 158 cm³/mol. The summed E-state index contributed by atoms with van der Waals surface area (Å²) in [5, 5.41) is 11.2. The molecule has 14 heteroatoms. The standard InChI is InChI=1S/C29H57NO13/c1-2-3-8-34-10-12-36-14-16-38-18-20-40-22-24-42-26-27-43-25-23-41-21-19-39-17-15-37-13-11-35-9-4-7-30-28(31)5-6-29(32)33/h2-27H2,1H3,(H,30,31)(H,32,33). The van der Waals surface area contributed by atoms with Crippen LogP contribution in [0, 0.1) is 0 Å². The fourth-order valence-corrected chi connectivity index (χ4v) is 3.04. The van der Waals surface area contributed by atoms with Crippen molar-refractivity contribution in [2.24, 2.45) is 0 Å². The largest absolute Gasteiger partial charge is 0.481 e. The van der Waals surface area contributed by atoms with Crippen LogP contribution in [0.15, 0.2) is 0 Å². The van der Waals surface area contributed by atoms with Gasteiger partial charge in [-0.15, -0.1) is 0 Å². The van der Waals surface area contributed by atoms with Gasteiger partial charge in [0.25, 0.3) is 0 Å². The lowest BCUT2D eigenvalue weighted by Crippen LogP contribution is -2.25. The van der Waals surface area contributed by atoms with Gasteiger partial charge in [0.05, 0.1) is 125 Å². The third kappa shape index (κ3) is 38.5. The first kappa shape index (κ1) is 41.5. The minimum absolute atomic E-state index is 0.00745. The number of unbranched alkanes of at least 4 members (excludes halogenated alkanes) is 1. The number of hydrogen-bond donors (Lipinski definition) is 2. The number of carboxylic acids is 1. The van der Waals surface area contributed by atoms with Crippen LogP contribution in [0.4, 0.5) is 0 Å². The van der Waals surface area contributed by atoms with Gasteiger partial charge in [0, 0.05) is 26.2 Å². The SMILES string of the molecule is CCCCOCCOCCOCCOCCOCCOCCOCCOCCOCCOCCCNC(=O)CCC(=O)O. The van der Waals surface area contributed by atoms with Crippen LogP contribution in [0.2, 0.25) is 0 Å². The first-order valence-electron chi connectivity index (χ1n) is 15.4. The van der Waals surface area contributed by atoms with E-state index in [1.54, 1.807) is 0 Å². The molecule has 256 valence electrons. The lowest BCUT2D eigenvalue weighted by atomic mass is 10.3. The van der Waals surface area contributed by atoms with Gasteiger partial charge in [0.15, 0.2) is 0 Å². The minimum atomic E-state index is -0.981. The molecule has 1 amide bonds. The van der Waals surface area contributed by atoms with Gasteiger partial charge in [0.1, 0.15) is 0 Å². The van der Waals surface area contributed by atoms with E-state index in [1.807, 2.05) is 0 Å². The number of carbonyl (C=O) groups is 2. The van der Waals surface area contributed by atoms with E-state index in [0.717, 1.165) is 19.4 Å². The zero-order valence-electron chi connectivity index (χ0n) is 26.2. The van der Waals surface area contributed by atoms with Gasteiger partial charge >= 0.3 is 5.97 Å². The molecule has 0 aliphatic rings. The molecule has 0 radical (unpaired) electrons. The number of carboxylic acid groups (broad SMARTS) is 1. The molecule has 43 heavy (non-hydrogen) atoms. The summed E-state index contributed by atoms with van der Waals surface area (Å²) in [6.45, 7) is 13.1. The lowest BCUT2D eigenvalue weighted by Gasteiger charge is -2.09. The Bertz CT molecular complexity index is 587. The van der Waals surface area contributed by atoms with Crippen molar-refractivity contribution in [3.63, 3.8) is 0 Å². The van der Waals surface area contributed by atoms with Crippen molar-refractivity contribution in [1.29, 1.82) is 0 Å². The molecule has 0 heterocycles. The number of amides is 1. The first-order valence-corrected chi connectivity index (χ1v) is 15.4. The van der Waals surface area contributed by atoms with Crippen molar-refractivity contribution in [2.75, 3.05) is 139 Å². The van der Waals surface area contributed by atoms with Crippen LogP contribution in [-0.2, 0) is 57.0 Å². The zero-order valence-corrected chi connectivity index (χ0v) is 26.2. The number of hydrogen-bond acceptors (Lipinski definition) is 12. The van der Waals surface area contributed by atoms with E-state index >= 15 is 0 Å². The Labute approximate surface area is 257 Å². The van der Waals surface area contributed by atoms with Gasteiger partial charge in [-0.3, -0.25) is 9.59 Å². The highest BCUT2D eigenvalue weighted by molar-refractivity contribution is 5.80. The van der Waals surface area contributed by atoms with E-state index in [-0.39, 0.29) is 18.7 Å². The molecule has 0 aromatic heterocycles. The van der Waals surface area contributed by atoms with Crippen molar-refractivity contribution in [3.8, 4) is 0 Å². The number of aliphatic carboxylic acids is 1. The highest BCUT2D eigenvalue weighted by atomic mass is 16.6. The molecule has 0 rings (SSSR count). The summed E-state index contributed by atoms with van der Waals surface area (Å²) in [6, 6.07) is 0. The summed E-state index contributed by atoms with van der Waals surface area (Å²) >= 11 is 0. The molecule has 0 aromatic carbocycles. The third-order valence-corrected chi connectivity index (χ3v) is 5.34. The van der Waals surface area contributed by atoms with E-state index in [1.165, 1.54) is 0 Å². The molecular weight excluding hydrogens is 570 g/mol. The molecule has 0 aliphatic carbocycles. The van der Waals surface area contributed by atoms with Gasteiger partial charge in [-0.2, -0.15) is 0 Å². The Morgan fingerprint density at radius 2 is 0.721 bits per heavy atom. The van der Waals surface area contributed by atoms with Crippen molar-refractivity contribution in [3.05, 3.63) is 0 Å². The summed E-state index contributed by atoms with van der Waals surface area (Å²) in [6.07, 6.45) is 2.71. The van der Waals surface area contributed by atoms with Gasteiger partial charge in [-0.05, 0) is 12.8 Å². The Balaban J connectivity index is 3.08. The maximum atomic E-state index is 11.3. The van der Waals surface area contributed by atoms with Crippen LogP contribution in [-0.4, -0.2) is 156 Å². The van der Waals surface area contributed by atoms with Crippen molar-refractivity contribution in [2.45, 2.75) is 39.0 Å². The summed E-state index contributed by atoms with van der Waals surface area (Å²) in [7, 11) is 0. The van der Waals surface area contributed by atoms with Gasteiger partial charge < -0.3 is 57.8 Å². The minimum Gasteiger partial charge on any atom is -0.481 e. The molecule has 0 atom stereocenters. The Hall–Kier alpha value is -1.46. The highest BCUT2D eigenvalue weighted by Crippen LogP contribution is 1.91. The quantitative estimate of drug-likeness (QED) is 0.0951. The van der Waals surface area contributed by atoms with Crippen LogP contribution in [0.3, 0.4) is 0 Å². The second-order valence-electron chi connectivity index (χ2n) is 9.07. The average molecular weight is 628 g/mol. The molecule has 0 bridgehead atoms. The Morgan fingerprint density at radius 1 is 0.442 bits per heavy atom. The fraction of sp³-hybridized carbons (Fsp3) is 0.931. The number of carbonyl (C=O) groups excluding carboxylic acids is 1. The maximum Gasteiger partial charge on any atom is 0.303 e. The third-order valence-electron chi connectivity index (χ3n) is 5.34. The zero-order chi connectivity index (χ0) is 31.3. The first-order chi connectivity index (χ1) is 21.2. The van der Waals surface area contributed by atoms with E-state index < -0.39 is 5.97 Å². The van der Waals surface area contributed by atoms with Crippen LogP contribution >= 0.6 is 0 Å². The van der Waals surface area contributed by atoms with Crippen LogP contribution < -0.4 is 5.32 Å². The molecule has 0 spiro atoms. The van der Waals surface area contributed by atoms with Crippen LogP contribution in [0.25, 0.3) is 0 Å². The molecule has 0 saturated heterocycles. The summed E-state index contributed by atoms with van der Waals surface area (Å²) in [5.41, 5.74) is 0. The normalized spacial score (nSPS) is 11.3. The molecule has 0 unspecified atom stereocenters. The number of rotatable bonds is 37. The van der Waals surface area contributed by atoms with Gasteiger partial charge in [-0.25, -0.2) is 0 Å². The maximum absolute atomic E-state index is 11.3. The summed E-state index contributed by atoms with van der Waals surface area (Å²) < 4.78 is 54.4.